The summed E-state index contributed by atoms with van der Waals surface area (Å²) in [5, 5.41) is 21.6. The summed E-state index contributed by atoms with van der Waals surface area (Å²) in [5.74, 6) is 0.647. The number of hydrogen-bond donors (Lipinski definition) is 1. The summed E-state index contributed by atoms with van der Waals surface area (Å²) >= 11 is 0. The molecule has 3 rings (SSSR count). The summed E-state index contributed by atoms with van der Waals surface area (Å²) in [4.78, 5) is 16.1. The van der Waals surface area contributed by atoms with Crippen molar-refractivity contribution in [2.24, 2.45) is 0 Å². The fraction of sp³-hybridized carbons (Fsp3) is 0.231. The lowest BCUT2D eigenvalue weighted by Crippen LogP contribution is -3.00. The number of hydrogen-bond acceptors (Lipinski definition) is 5. The minimum Gasteiger partial charge on any atom is -1.00 e. The zero-order valence-electron chi connectivity index (χ0n) is 11.2. The van der Waals surface area contributed by atoms with Gasteiger partial charge < -0.3 is 22.1 Å². The fourth-order valence-electron chi connectivity index (χ4n) is 2.44. The van der Waals surface area contributed by atoms with Gasteiger partial charge in [-0.05, 0) is 12.1 Å². The molecule has 0 bridgehead atoms. The number of nitro groups is 1. The van der Waals surface area contributed by atoms with E-state index in [9.17, 15) is 15.2 Å². The normalized spacial score (nSPS) is 19.8. The number of nitro benzene ring substituents is 1. The lowest BCUT2D eigenvalue weighted by molar-refractivity contribution is -0.685. The second-order valence-corrected chi connectivity index (χ2v) is 4.73. The van der Waals surface area contributed by atoms with Gasteiger partial charge in [-0.1, -0.05) is 4.98 Å². The Morgan fingerprint density at radius 1 is 1.43 bits per heavy atom. The molecule has 110 valence electrons. The Hall–Kier alpha value is -2.06. The van der Waals surface area contributed by atoms with Crippen molar-refractivity contribution in [3.05, 3.63) is 58.4 Å². The lowest BCUT2D eigenvalue weighted by atomic mass is 10.0. The number of non-ortho nitro benzene ring substituents is 1. The first-order chi connectivity index (χ1) is 9.52. The molecule has 7 nitrogen and oxygen atoms in total. The summed E-state index contributed by atoms with van der Waals surface area (Å²) < 4.78 is 1.83. The number of nitrogens with zero attached hydrogens (tertiary/aromatic N) is 4. The zero-order chi connectivity index (χ0) is 14.3. The number of anilines is 1. The van der Waals surface area contributed by atoms with E-state index in [1.54, 1.807) is 36.3 Å². The maximum Gasteiger partial charge on any atom is 0.396 e. The van der Waals surface area contributed by atoms with E-state index in [1.165, 1.54) is 12.1 Å². The van der Waals surface area contributed by atoms with Gasteiger partial charge in [0.15, 0.2) is 0 Å². The van der Waals surface area contributed by atoms with Gasteiger partial charge in [0.1, 0.15) is 12.7 Å². The second kappa shape index (κ2) is 5.38. The molecule has 1 aromatic heterocycles. The predicted octanol–water partition coefficient (Wildman–Crippen LogP) is -2.42. The van der Waals surface area contributed by atoms with Crippen molar-refractivity contribution in [1.82, 2.24) is 4.98 Å². The van der Waals surface area contributed by atoms with Gasteiger partial charge >= 0.3 is 5.95 Å². The van der Waals surface area contributed by atoms with Crippen molar-refractivity contribution >= 4 is 11.6 Å². The van der Waals surface area contributed by atoms with E-state index in [-0.39, 0.29) is 22.7 Å². The Balaban J connectivity index is 0.00000161. The van der Waals surface area contributed by atoms with Crippen molar-refractivity contribution in [1.29, 1.82) is 0 Å². The number of likely N-dealkylation sites (N-methyl/N-ethyl adjacent to an activating group) is 1. The van der Waals surface area contributed by atoms with Crippen molar-refractivity contribution in [2.45, 2.75) is 12.3 Å². The highest BCUT2D eigenvalue weighted by molar-refractivity contribution is 5.41. The minimum atomic E-state index is -1.25. The number of benzene rings is 1. The van der Waals surface area contributed by atoms with Crippen molar-refractivity contribution < 1.29 is 31.6 Å². The first kappa shape index (κ1) is 15.3. The monoisotopic (exact) mass is 352 g/mol. The highest BCUT2D eigenvalue weighted by atomic mass is 79.9. The van der Waals surface area contributed by atoms with Gasteiger partial charge in [0.2, 0.25) is 5.72 Å². The van der Waals surface area contributed by atoms with Crippen LogP contribution in [0.15, 0.2) is 42.7 Å². The van der Waals surface area contributed by atoms with E-state index in [4.69, 9.17) is 0 Å². The molecule has 1 N–H and O–H groups in total. The van der Waals surface area contributed by atoms with Gasteiger partial charge in [0, 0.05) is 23.8 Å². The maximum absolute atomic E-state index is 10.9. The van der Waals surface area contributed by atoms with E-state index in [0.717, 1.165) is 0 Å². The topological polar surface area (TPSA) is 83.4 Å². The van der Waals surface area contributed by atoms with Crippen LogP contribution in [0.25, 0.3) is 0 Å². The van der Waals surface area contributed by atoms with Gasteiger partial charge in [0.25, 0.3) is 5.69 Å². The first-order valence-corrected chi connectivity index (χ1v) is 6.08. The average Bonchev–Trinajstić information content (AvgIpc) is 2.72. The van der Waals surface area contributed by atoms with Crippen LogP contribution < -0.4 is 26.4 Å². The molecule has 2 aromatic rings. The number of rotatable bonds is 2. The molecule has 0 aliphatic carbocycles. The maximum atomic E-state index is 10.9. The molecular formula is C13H13BrN4O3. The molecule has 1 aliphatic heterocycles. The average molecular weight is 353 g/mol. The van der Waals surface area contributed by atoms with Crippen LogP contribution in [0.5, 0.6) is 0 Å². The van der Waals surface area contributed by atoms with Crippen LogP contribution in [0.1, 0.15) is 5.56 Å². The summed E-state index contributed by atoms with van der Waals surface area (Å²) in [6.07, 6.45) is 3.49. The Kier molecular flexibility index (Phi) is 3.93. The van der Waals surface area contributed by atoms with Gasteiger partial charge in [-0.2, -0.15) is 0 Å². The third-order valence-electron chi connectivity index (χ3n) is 3.59. The van der Waals surface area contributed by atoms with E-state index in [1.807, 2.05) is 10.8 Å². The summed E-state index contributed by atoms with van der Waals surface area (Å²) in [7, 11) is 1.74. The third kappa shape index (κ3) is 2.36. The number of aliphatic hydroxyl groups is 1. The molecule has 1 aromatic carbocycles. The molecule has 1 atom stereocenters. The fourth-order valence-corrected chi connectivity index (χ4v) is 2.44. The Morgan fingerprint density at radius 2 is 2.10 bits per heavy atom. The standard InChI is InChI=1S/C13H13N4O3.BrH/c1-15-12-14-7-2-8-16(12)9-13(15,18)10-3-5-11(6-4-10)17(19)20;/h2-8,18H,9H2,1H3;1H/q+1;/p-1/t13-;/m1./s1. The Morgan fingerprint density at radius 3 is 2.67 bits per heavy atom. The molecule has 0 radical (unpaired) electrons. The Bertz CT molecular complexity index is 679. The van der Waals surface area contributed by atoms with Gasteiger partial charge in [-0.25, -0.2) is 9.47 Å². The Labute approximate surface area is 131 Å². The van der Waals surface area contributed by atoms with Crippen molar-refractivity contribution in [3.8, 4) is 0 Å². The van der Waals surface area contributed by atoms with E-state index in [0.29, 0.717) is 18.1 Å². The molecule has 0 saturated heterocycles. The van der Waals surface area contributed by atoms with Gasteiger partial charge in [-0.15, -0.1) is 0 Å². The predicted molar refractivity (Wildman–Crippen MR) is 69.8 cm³/mol. The highest BCUT2D eigenvalue weighted by Crippen LogP contribution is 2.32. The largest absolute Gasteiger partial charge is 1.00 e. The molecule has 2 heterocycles. The van der Waals surface area contributed by atoms with Crippen LogP contribution in [0.4, 0.5) is 11.6 Å². The third-order valence-corrected chi connectivity index (χ3v) is 3.59. The number of halogens is 1. The van der Waals surface area contributed by atoms with Crippen LogP contribution in [0, 0.1) is 10.1 Å². The minimum absolute atomic E-state index is 0. The molecule has 1 aliphatic rings. The first-order valence-electron chi connectivity index (χ1n) is 6.08. The van der Waals surface area contributed by atoms with Crippen LogP contribution in [-0.4, -0.2) is 22.1 Å². The number of fused-ring (bicyclic) bond motifs is 1. The smallest absolute Gasteiger partial charge is 0.396 e. The quantitative estimate of drug-likeness (QED) is 0.369. The van der Waals surface area contributed by atoms with Crippen molar-refractivity contribution in [2.75, 3.05) is 11.9 Å². The molecule has 21 heavy (non-hydrogen) atoms. The van der Waals surface area contributed by atoms with Crippen LogP contribution in [-0.2, 0) is 12.3 Å². The second-order valence-electron chi connectivity index (χ2n) is 4.73. The lowest BCUT2D eigenvalue weighted by Gasteiger charge is -2.25. The van der Waals surface area contributed by atoms with Gasteiger partial charge in [0.05, 0.1) is 18.2 Å². The molecule has 0 amide bonds. The zero-order valence-corrected chi connectivity index (χ0v) is 12.8. The summed E-state index contributed by atoms with van der Waals surface area (Å²) in [6, 6.07) is 7.71. The van der Waals surface area contributed by atoms with Crippen molar-refractivity contribution in [3.63, 3.8) is 0 Å². The van der Waals surface area contributed by atoms with Gasteiger partial charge in [-0.3, -0.25) is 10.1 Å². The van der Waals surface area contributed by atoms with E-state index in [2.05, 4.69) is 4.98 Å². The highest BCUT2D eigenvalue weighted by Gasteiger charge is 2.49. The summed E-state index contributed by atoms with van der Waals surface area (Å²) in [6.45, 7) is 0.324. The molecular weight excluding hydrogens is 340 g/mol. The SMILES string of the molecule is CN1c2nccc[n+]2C[C@@]1(O)c1ccc([N+](=O)[O-])cc1.[Br-]. The number of aromatic nitrogens is 2. The molecule has 0 saturated carbocycles. The van der Waals surface area contributed by atoms with Crippen LogP contribution >= 0.6 is 0 Å². The summed E-state index contributed by atoms with van der Waals surface area (Å²) in [5.41, 5.74) is -0.659. The molecule has 0 unspecified atom stereocenters. The van der Waals surface area contributed by atoms with E-state index < -0.39 is 10.6 Å². The molecule has 0 spiro atoms. The molecule has 0 fully saturated rings. The van der Waals surface area contributed by atoms with Crippen LogP contribution in [0.3, 0.4) is 0 Å². The van der Waals surface area contributed by atoms with E-state index >= 15 is 0 Å². The van der Waals surface area contributed by atoms with Crippen LogP contribution in [0.2, 0.25) is 0 Å². The molecule has 8 heteroatoms.